The fourth-order valence-corrected chi connectivity index (χ4v) is 3.88. The second-order valence-corrected chi connectivity index (χ2v) is 6.64. The first-order chi connectivity index (χ1) is 10.3. The fourth-order valence-electron chi connectivity index (χ4n) is 3.88. The van der Waals surface area contributed by atoms with E-state index in [0.717, 1.165) is 5.92 Å². The molecule has 21 heavy (non-hydrogen) atoms. The van der Waals surface area contributed by atoms with Gasteiger partial charge in [-0.05, 0) is 48.9 Å². The van der Waals surface area contributed by atoms with Gasteiger partial charge in [-0.15, -0.1) is 0 Å². The molecule has 1 nitrogen and oxygen atoms in total. The van der Waals surface area contributed by atoms with Crippen molar-refractivity contribution >= 4 is 10.8 Å². The largest absolute Gasteiger partial charge is 0.307 e. The Morgan fingerprint density at radius 2 is 1.62 bits per heavy atom. The summed E-state index contributed by atoms with van der Waals surface area (Å²) in [5, 5.41) is 6.58. The SMILES string of the molecule is CC(N[C@@H](C)C1CCCCC1)c1cccc2ccccc12. The minimum Gasteiger partial charge on any atom is -0.307 e. The molecule has 0 amide bonds. The van der Waals surface area contributed by atoms with Crippen molar-refractivity contribution < 1.29 is 0 Å². The Bertz CT molecular complexity index is 578. The van der Waals surface area contributed by atoms with E-state index in [-0.39, 0.29) is 0 Å². The van der Waals surface area contributed by atoms with Crippen molar-refractivity contribution in [2.24, 2.45) is 5.92 Å². The lowest BCUT2D eigenvalue weighted by Gasteiger charge is -2.31. The maximum atomic E-state index is 3.86. The van der Waals surface area contributed by atoms with Crippen LogP contribution in [-0.2, 0) is 0 Å². The summed E-state index contributed by atoms with van der Waals surface area (Å²) in [7, 11) is 0. The van der Waals surface area contributed by atoms with E-state index in [1.807, 2.05) is 0 Å². The quantitative estimate of drug-likeness (QED) is 0.784. The van der Waals surface area contributed by atoms with Gasteiger partial charge >= 0.3 is 0 Å². The zero-order chi connectivity index (χ0) is 14.7. The molecule has 1 N–H and O–H groups in total. The summed E-state index contributed by atoms with van der Waals surface area (Å²) in [5.74, 6) is 0.858. The lowest BCUT2D eigenvalue weighted by Crippen LogP contribution is -2.36. The zero-order valence-electron chi connectivity index (χ0n) is 13.3. The first kappa shape index (κ1) is 14.6. The minimum atomic E-state index is 0.410. The number of hydrogen-bond donors (Lipinski definition) is 1. The minimum absolute atomic E-state index is 0.410. The predicted molar refractivity (Wildman–Crippen MR) is 91.5 cm³/mol. The van der Waals surface area contributed by atoms with Gasteiger partial charge < -0.3 is 5.32 Å². The molecule has 112 valence electrons. The molecular weight excluding hydrogens is 254 g/mol. The predicted octanol–water partition coefficient (Wildman–Crippen LogP) is 5.46. The molecule has 1 heteroatoms. The monoisotopic (exact) mass is 281 g/mol. The highest BCUT2D eigenvalue weighted by atomic mass is 14.9. The molecular formula is C20H27N. The van der Waals surface area contributed by atoms with Crippen molar-refractivity contribution in [3.05, 3.63) is 48.0 Å². The lowest BCUT2D eigenvalue weighted by atomic mass is 9.84. The summed E-state index contributed by atoms with van der Waals surface area (Å²) in [5.41, 5.74) is 1.43. The first-order valence-corrected chi connectivity index (χ1v) is 8.49. The second-order valence-electron chi connectivity index (χ2n) is 6.64. The van der Waals surface area contributed by atoms with Gasteiger partial charge in [-0.25, -0.2) is 0 Å². The average molecular weight is 281 g/mol. The molecule has 0 aliphatic heterocycles. The molecule has 0 heterocycles. The van der Waals surface area contributed by atoms with E-state index < -0.39 is 0 Å². The van der Waals surface area contributed by atoms with Gasteiger partial charge in [0.2, 0.25) is 0 Å². The van der Waals surface area contributed by atoms with Crippen LogP contribution in [-0.4, -0.2) is 6.04 Å². The van der Waals surface area contributed by atoms with E-state index in [0.29, 0.717) is 12.1 Å². The number of hydrogen-bond acceptors (Lipinski definition) is 1. The summed E-state index contributed by atoms with van der Waals surface area (Å²) in [6.45, 7) is 4.68. The normalized spacial score (nSPS) is 19.5. The van der Waals surface area contributed by atoms with Crippen molar-refractivity contribution in [1.29, 1.82) is 0 Å². The third kappa shape index (κ3) is 3.29. The van der Waals surface area contributed by atoms with Gasteiger partial charge in [0.15, 0.2) is 0 Å². The molecule has 1 aliphatic rings. The summed E-state index contributed by atoms with van der Waals surface area (Å²) in [4.78, 5) is 0. The Kier molecular flexibility index (Phi) is 4.60. The van der Waals surface area contributed by atoms with E-state index >= 15 is 0 Å². The standard InChI is InChI=1S/C20H27N/c1-15(17-9-4-3-5-10-17)21-16(2)19-14-8-12-18-11-6-7-13-20(18)19/h6-8,11-17,21H,3-5,9-10H2,1-2H3/t15-,16?/m0/s1. The smallest absolute Gasteiger partial charge is 0.0300 e. The van der Waals surface area contributed by atoms with Crippen molar-refractivity contribution in [3.8, 4) is 0 Å². The van der Waals surface area contributed by atoms with Crippen LogP contribution in [0.15, 0.2) is 42.5 Å². The number of fused-ring (bicyclic) bond motifs is 1. The fraction of sp³-hybridized carbons (Fsp3) is 0.500. The molecule has 2 atom stereocenters. The van der Waals surface area contributed by atoms with Gasteiger partial charge in [-0.1, -0.05) is 61.7 Å². The van der Waals surface area contributed by atoms with Crippen molar-refractivity contribution in [2.75, 3.05) is 0 Å². The van der Waals surface area contributed by atoms with Crippen molar-refractivity contribution in [3.63, 3.8) is 0 Å². The number of nitrogens with one attached hydrogen (secondary N) is 1. The Balaban J connectivity index is 1.75. The average Bonchev–Trinajstić information content (AvgIpc) is 2.55. The maximum absolute atomic E-state index is 3.86. The van der Waals surface area contributed by atoms with Crippen LogP contribution in [0.5, 0.6) is 0 Å². The molecule has 0 bridgehead atoms. The Morgan fingerprint density at radius 3 is 2.43 bits per heavy atom. The van der Waals surface area contributed by atoms with E-state index in [4.69, 9.17) is 0 Å². The molecule has 1 aliphatic carbocycles. The van der Waals surface area contributed by atoms with E-state index in [2.05, 4.69) is 61.6 Å². The molecule has 2 aromatic rings. The molecule has 0 spiro atoms. The van der Waals surface area contributed by atoms with Crippen LogP contribution in [0.25, 0.3) is 10.8 Å². The Morgan fingerprint density at radius 1 is 0.905 bits per heavy atom. The van der Waals surface area contributed by atoms with Crippen LogP contribution in [0, 0.1) is 5.92 Å². The summed E-state index contributed by atoms with van der Waals surface area (Å²) < 4.78 is 0. The summed E-state index contributed by atoms with van der Waals surface area (Å²) in [6, 6.07) is 16.4. The Hall–Kier alpha value is -1.34. The van der Waals surface area contributed by atoms with Gasteiger partial charge in [-0.2, -0.15) is 0 Å². The van der Waals surface area contributed by atoms with Crippen LogP contribution in [0.3, 0.4) is 0 Å². The molecule has 1 unspecified atom stereocenters. The van der Waals surface area contributed by atoms with Gasteiger partial charge in [0.25, 0.3) is 0 Å². The third-order valence-corrected chi connectivity index (χ3v) is 5.16. The van der Waals surface area contributed by atoms with Crippen LogP contribution in [0.4, 0.5) is 0 Å². The van der Waals surface area contributed by atoms with E-state index in [1.54, 1.807) is 0 Å². The van der Waals surface area contributed by atoms with Crippen LogP contribution < -0.4 is 5.32 Å². The molecule has 0 aromatic heterocycles. The van der Waals surface area contributed by atoms with E-state index in [1.165, 1.54) is 48.4 Å². The van der Waals surface area contributed by atoms with Crippen molar-refractivity contribution in [2.45, 2.75) is 58.0 Å². The highest BCUT2D eigenvalue weighted by Gasteiger charge is 2.21. The summed E-state index contributed by atoms with van der Waals surface area (Å²) >= 11 is 0. The van der Waals surface area contributed by atoms with Gasteiger partial charge in [-0.3, -0.25) is 0 Å². The molecule has 2 aromatic carbocycles. The highest BCUT2D eigenvalue weighted by molar-refractivity contribution is 5.86. The van der Waals surface area contributed by atoms with Gasteiger partial charge in [0.05, 0.1) is 0 Å². The molecule has 1 saturated carbocycles. The summed E-state index contributed by atoms with van der Waals surface area (Å²) in [6.07, 6.45) is 7.06. The highest BCUT2D eigenvalue weighted by Crippen LogP contribution is 2.29. The van der Waals surface area contributed by atoms with E-state index in [9.17, 15) is 0 Å². The van der Waals surface area contributed by atoms with Crippen LogP contribution in [0.1, 0.15) is 57.6 Å². The number of rotatable bonds is 4. The van der Waals surface area contributed by atoms with Crippen LogP contribution in [0.2, 0.25) is 0 Å². The molecule has 3 rings (SSSR count). The second kappa shape index (κ2) is 6.62. The number of benzene rings is 2. The van der Waals surface area contributed by atoms with Gasteiger partial charge in [0.1, 0.15) is 0 Å². The molecule has 0 saturated heterocycles. The third-order valence-electron chi connectivity index (χ3n) is 5.16. The molecule has 0 radical (unpaired) electrons. The van der Waals surface area contributed by atoms with Crippen LogP contribution >= 0.6 is 0 Å². The first-order valence-electron chi connectivity index (χ1n) is 8.49. The van der Waals surface area contributed by atoms with Gasteiger partial charge in [0, 0.05) is 12.1 Å². The van der Waals surface area contributed by atoms with Crippen molar-refractivity contribution in [1.82, 2.24) is 5.32 Å². The Labute approximate surface area is 128 Å². The maximum Gasteiger partial charge on any atom is 0.0300 e. The lowest BCUT2D eigenvalue weighted by molar-refractivity contribution is 0.268. The zero-order valence-corrected chi connectivity index (χ0v) is 13.3. The topological polar surface area (TPSA) is 12.0 Å². The molecule has 1 fully saturated rings.